The van der Waals surface area contributed by atoms with Gasteiger partial charge in [0.25, 0.3) is 0 Å². The maximum absolute atomic E-state index is 10.6. The van der Waals surface area contributed by atoms with Crippen LogP contribution in [-0.4, -0.2) is 11.7 Å². The molecule has 0 aliphatic carbocycles. The van der Waals surface area contributed by atoms with E-state index in [-0.39, 0.29) is 0 Å². The number of aliphatic hydroxyl groups excluding tert-OH is 1. The van der Waals surface area contributed by atoms with Crippen molar-refractivity contribution >= 4 is 15.9 Å². The average molecular weight is 335 g/mol. The highest BCUT2D eigenvalue weighted by Crippen LogP contribution is 2.34. The standard InChI is InChI=1S/C17H19BrO2/c1-3-10-20-16-7-5-4-6-14(16)17(19)13-9-8-12(2)11-15(13)18/h4-9,11,17,19H,3,10H2,1-2H3. The zero-order valence-corrected chi connectivity index (χ0v) is 13.4. The maximum atomic E-state index is 10.6. The Balaban J connectivity index is 2.35. The Labute approximate surface area is 128 Å². The lowest BCUT2D eigenvalue weighted by molar-refractivity contribution is 0.210. The van der Waals surface area contributed by atoms with E-state index in [0.717, 1.165) is 33.3 Å². The van der Waals surface area contributed by atoms with Crippen LogP contribution >= 0.6 is 15.9 Å². The number of benzene rings is 2. The number of ether oxygens (including phenoxy) is 1. The van der Waals surface area contributed by atoms with Crippen LogP contribution in [0, 0.1) is 6.92 Å². The fourth-order valence-corrected chi connectivity index (χ4v) is 2.78. The highest BCUT2D eigenvalue weighted by Gasteiger charge is 2.17. The lowest BCUT2D eigenvalue weighted by Gasteiger charge is -2.17. The molecule has 2 rings (SSSR count). The Bertz CT molecular complexity index is 581. The number of aliphatic hydroxyl groups is 1. The van der Waals surface area contributed by atoms with Crippen LogP contribution in [0.25, 0.3) is 0 Å². The first-order valence-electron chi connectivity index (χ1n) is 6.79. The van der Waals surface area contributed by atoms with Gasteiger partial charge in [-0.15, -0.1) is 0 Å². The van der Waals surface area contributed by atoms with Crippen molar-refractivity contribution in [2.45, 2.75) is 26.4 Å². The van der Waals surface area contributed by atoms with Crippen LogP contribution in [0.2, 0.25) is 0 Å². The third-order valence-corrected chi connectivity index (χ3v) is 3.81. The minimum absolute atomic E-state index is 0.652. The molecular formula is C17H19BrO2. The average Bonchev–Trinajstić information content (AvgIpc) is 2.45. The summed E-state index contributed by atoms with van der Waals surface area (Å²) in [7, 11) is 0. The second kappa shape index (κ2) is 6.91. The lowest BCUT2D eigenvalue weighted by atomic mass is 10.00. The van der Waals surface area contributed by atoms with Crippen molar-refractivity contribution < 1.29 is 9.84 Å². The molecule has 0 heterocycles. The van der Waals surface area contributed by atoms with Gasteiger partial charge in [-0.1, -0.05) is 53.2 Å². The highest BCUT2D eigenvalue weighted by molar-refractivity contribution is 9.10. The molecule has 0 saturated heterocycles. The van der Waals surface area contributed by atoms with Crippen LogP contribution in [0.4, 0.5) is 0 Å². The molecular weight excluding hydrogens is 316 g/mol. The van der Waals surface area contributed by atoms with Crippen LogP contribution in [0.3, 0.4) is 0 Å². The van der Waals surface area contributed by atoms with Gasteiger partial charge >= 0.3 is 0 Å². The second-order valence-corrected chi connectivity index (χ2v) is 5.67. The topological polar surface area (TPSA) is 29.5 Å². The Morgan fingerprint density at radius 1 is 1.15 bits per heavy atom. The summed E-state index contributed by atoms with van der Waals surface area (Å²) in [5.41, 5.74) is 2.80. The van der Waals surface area contributed by atoms with Gasteiger partial charge in [-0.25, -0.2) is 0 Å². The van der Waals surface area contributed by atoms with Gasteiger partial charge in [0.15, 0.2) is 0 Å². The van der Waals surface area contributed by atoms with E-state index in [2.05, 4.69) is 22.9 Å². The molecule has 0 aliphatic heterocycles. The van der Waals surface area contributed by atoms with Crippen LogP contribution in [0.15, 0.2) is 46.9 Å². The van der Waals surface area contributed by atoms with Crippen molar-refractivity contribution in [3.63, 3.8) is 0 Å². The van der Waals surface area contributed by atoms with Crippen molar-refractivity contribution in [3.05, 3.63) is 63.6 Å². The zero-order chi connectivity index (χ0) is 14.5. The lowest BCUT2D eigenvalue weighted by Crippen LogP contribution is -2.05. The fraction of sp³-hybridized carbons (Fsp3) is 0.294. The molecule has 0 saturated carbocycles. The summed E-state index contributed by atoms with van der Waals surface area (Å²) in [6.45, 7) is 4.74. The Morgan fingerprint density at radius 2 is 1.90 bits per heavy atom. The predicted octanol–water partition coefficient (Wildman–Crippen LogP) is 4.63. The van der Waals surface area contributed by atoms with Gasteiger partial charge in [-0.3, -0.25) is 0 Å². The molecule has 106 valence electrons. The first kappa shape index (κ1) is 15.1. The largest absolute Gasteiger partial charge is 0.493 e. The number of hydrogen-bond donors (Lipinski definition) is 1. The van der Waals surface area contributed by atoms with E-state index in [4.69, 9.17) is 4.74 Å². The van der Waals surface area contributed by atoms with Crippen LogP contribution in [-0.2, 0) is 0 Å². The van der Waals surface area contributed by atoms with Crippen LogP contribution in [0.5, 0.6) is 5.75 Å². The van der Waals surface area contributed by atoms with E-state index in [1.54, 1.807) is 0 Å². The zero-order valence-electron chi connectivity index (χ0n) is 11.8. The summed E-state index contributed by atoms with van der Waals surface area (Å²) in [5, 5.41) is 10.6. The molecule has 20 heavy (non-hydrogen) atoms. The van der Waals surface area contributed by atoms with E-state index in [9.17, 15) is 5.11 Å². The highest BCUT2D eigenvalue weighted by atomic mass is 79.9. The number of hydrogen-bond acceptors (Lipinski definition) is 2. The molecule has 0 fully saturated rings. The first-order chi connectivity index (χ1) is 9.63. The Hall–Kier alpha value is -1.32. The molecule has 1 atom stereocenters. The number of rotatable bonds is 5. The van der Waals surface area contributed by atoms with Gasteiger partial charge < -0.3 is 9.84 Å². The summed E-state index contributed by atoms with van der Waals surface area (Å²) < 4.78 is 6.63. The SMILES string of the molecule is CCCOc1ccccc1C(O)c1ccc(C)cc1Br. The van der Waals surface area contributed by atoms with Gasteiger partial charge in [0.05, 0.1) is 6.61 Å². The molecule has 2 aromatic carbocycles. The normalized spacial score (nSPS) is 12.2. The number of halogens is 1. The minimum Gasteiger partial charge on any atom is -0.493 e. The summed E-state index contributed by atoms with van der Waals surface area (Å²) in [6, 6.07) is 13.6. The molecule has 2 nitrogen and oxygen atoms in total. The van der Waals surface area contributed by atoms with Crippen LogP contribution < -0.4 is 4.74 Å². The molecule has 1 N–H and O–H groups in total. The van der Waals surface area contributed by atoms with E-state index < -0.39 is 6.10 Å². The van der Waals surface area contributed by atoms with Crippen molar-refractivity contribution in [2.75, 3.05) is 6.61 Å². The van der Waals surface area contributed by atoms with Crippen molar-refractivity contribution in [1.29, 1.82) is 0 Å². The smallest absolute Gasteiger partial charge is 0.125 e. The van der Waals surface area contributed by atoms with E-state index in [0.29, 0.717) is 6.61 Å². The Morgan fingerprint density at radius 3 is 2.60 bits per heavy atom. The molecule has 2 aromatic rings. The fourth-order valence-electron chi connectivity index (χ4n) is 2.07. The van der Waals surface area contributed by atoms with E-state index >= 15 is 0 Å². The third-order valence-electron chi connectivity index (χ3n) is 3.13. The quantitative estimate of drug-likeness (QED) is 0.863. The molecule has 0 amide bonds. The van der Waals surface area contributed by atoms with Gasteiger partial charge in [0.2, 0.25) is 0 Å². The molecule has 3 heteroatoms. The van der Waals surface area contributed by atoms with Gasteiger partial charge in [0.1, 0.15) is 11.9 Å². The van der Waals surface area contributed by atoms with E-state index in [1.807, 2.05) is 49.4 Å². The molecule has 0 radical (unpaired) electrons. The van der Waals surface area contributed by atoms with Crippen LogP contribution in [0.1, 0.15) is 36.1 Å². The minimum atomic E-state index is -0.696. The monoisotopic (exact) mass is 334 g/mol. The van der Waals surface area contributed by atoms with Crippen molar-refractivity contribution in [3.8, 4) is 5.75 Å². The third kappa shape index (κ3) is 3.41. The number of para-hydroxylation sites is 1. The predicted molar refractivity (Wildman–Crippen MR) is 85.2 cm³/mol. The molecule has 1 unspecified atom stereocenters. The molecule has 0 aromatic heterocycles. The molecule has 0 aliphatic rings. The number of aryl methyl sites for hydroxylation is 1. The summed E-state index contributed by atoms with van der Waals surface area (Å²) >= 11 is 3.52. The summed E-state index contributed by atoms with van der Waals surface area (Å²) in [5.74, 6) is 0.745. The summed E-state index contributed by atoms with van der Waals surface area (Å²) in [6.07, 6.45) is 0.247. The van der Waals surface area contributed by atoms with E-state index in [1.165, 1.54) is 0 Å². The maximum Gasteiger partial charge on any atom is 0.125 e. The molecule has 0 spiro atoms. The second-order valence-electron chi connectivity index (χ2n) is 4.81. The van der Waals surface area contributed by atoms with Gasteiger partial charge in [-0.2, -0.15) is 0 Å². The van der Waals surface area contributed by atoms with Crippen molar-refractivity contribution in [2.24, 2.45) is 0 Å². The van der Waals surface area contributed by atoms with Crippen molar-refractivity contribution in [1.82, 2.24) is 0 Å². The molecule has 0 bridgehead atoms. The van der Waals surface area contributed by atoms with Gasteiger partial charge in [-0.05, 0) is 36.6 Å². The Kier molecular flexibility index (Phi) is 5.21. The van der Waals surface area contributed by atoms with Gasteiger partial charge in [0, 0.05) is 10.0 Å². The first-order valence-corrected chi connectivity index (χ1v) is 7.58. The summed E-state index contributed by atoms with van der Waals surface area (Å²) in [4.78, 5) is 0.